The van der Waals surface area contributed by atoms with Crippen LogP contribution < -0.4 is 5.32 Å². The Morgan fingerprint density at radius 3 is 2.72 bits per heavy atom. The Hall–Kier alpha value is -1.35. The van der Waals surface area contributed by atoms with Gasteiger partial charge in [0.15, 0.2) is 0 Å². The van der Waals surface area contributed by atoms with Gasteiger partial charge in [-0.15, -0.1) is 11.3 Å². The first kappa shape index (κ1) is 18.4. The molecule has 0 spiro atoms. The first-order chi connectivity index (χ1) is 12.0. The number of aryl methyl sites for hydroxylation is 1. The Balaban J connectivity index is 1.84. The number of nitrogens with zero attached hydrogens (tertiary/aromatic N) is 1. The van der Waals surface area contributed by atoms with Crippen LogP contribution in [0.5, 0.6) is 0 Å². The van der Waals surface area contributed by atoms with Gasteiger partial charge in [0.2, 0.25) is 10.0 Å². The van der Waals surface area contributed by atoms with Crippen LogP contribution in [0.25, 0.3) is 0 Å². The molecule has 8 heteroatoms. The molecule has 1 N–H and O–H groups in total. The number of anilines is 1. The standard InChI is InChI=1S/C17H20N2O3S3/c1-2-13-4-3-5-14(12-13)18-17(20)16-15(6-9-24-16)25(21,22)19-7-10-23-11-8-19/h3-6,9,12H,2,7-8,10-11H2,1H3,(H,18,20). The molecule has 0 bridgehead atoms. The Bertz CT molecular complexity index is 856. The van der Waals surface area contributed by atoms with E-state index in [2.05, 4.69) is 5.32 Å². The van der Waals surface area contributed by atoms with Crippen LogP contribution in [0.3, 0.4) is 0 Å². The third kappa shape index (κ3) is 4.08. The van der Waals surface area contributed by atoms with E-state index in [0.29, 0.717) is 18.8 Å². The fourth-order valence-electron chi connectivity index (χ4n) is 2.65. The van der Waals surface area contributed by atoms with Gasteiger partial charge in [-0.2, -0.15) is 16.1 Å². The summed E-state index contributed by atoms with van der Waals surface area (Å²) < 4.78 is 27.2. The third-order valence-electron chi connectivity index (χ3n) is 4.02. The molecule has 0 radical (unpaired) electrons. The van der Waals surface area contributed by atoms with Crippen LogP contribution in [0.4, 0.5) is 5.69 Å². The SMILES string of the molecule is CCc1cccc(NC(=O)c2sccc2S(=O)(=O)N2CCSCC2)c1. The van der Waals surface area contributed by atoms with E-state index >= 15 is 0 Å². The summed E-state index contributed by atoms with van der Waals surface area (Å²) in [5.74, 6) is 1.19. The van der Waals surface area contributed by atoms with Crippen LogP contribution in [0.2, 0.25) is 0 Å². The van der Waals surface area contributed by atoms with Gasteiger partial charge in [0.25, 0.3) is 5.91 Å². The number of nitrogens with one attached hydrogen (secondary N) is 1. The van der Waals surface area contributed by atoms with Gasteiger partial charge in [-0.25, -0.2) is 8.42 Å². The number of benzene rings is 1. The second-order valence-electron chi connectivity index (χ2n) is 5.64. The molecule has 0 saturated carbocycles. The lowest BCUT2D eigenvalue weighted by Gasteiger charge is -2.25. The smallest absolute Gasteiger partial charge is 0.267 e. The van der Waals surface area contributed by atoms with E-state index in [1.807, 2.05) is 25.1 Å². The van der Waals surface area contributed by atoms with Crippen molar-refractivity contribution in [3.8, 4) is 0 Å². The highest BCUT2D eigenvalue weighted by Gasteiger charge is 2.31. The minimum absolute atomic E-state index is 0.105. The number of thioether (sulfide) groups is 1. The number of rotatable bonds is 5. The maximum Gasteiger partial charge on any atom is 0.267 e. The average Bonchev–Trinajstić information content (AvgIpc) is 3.13. The molecule has 1 aromatic heterocycles. The zero-order valence-corrected chi connectivity index (χ0v) is 16.3. The molecule has 25 heavy (non-hydrogen) atoms. The fourth-order valence-corrected chi connectivity index (χ4v) is 6.52. The number of sulfonamides is 1. The van der Waals surface area contributed by atoms with Crippen molar-refractivity contribution < 1.29 is 13.2 Å². The predicted octanol–water partition coefficient (Wildman–Crippen LogP) is 3.30. The lowest BCUT2D eigenvalue weighted by Crippen LogP contribution is -2.38. The summed E-state index contributed by atoms with van der Waals surface area (Å²) in [7, 11) is -3.63. The van der Waals surface area contributed by atoms with Gasteiger partial charge in [0.1, 0.15) is 9.77 Å². The Morgan fingerprint density at radius 1 is 1.24 bits per heavy atom. The molecule has 1 aromatic carbocycles. The van der Waals surface area contributed by atoms with Gasteiger partial charge in [-0.05, 0) is 35.6 Å². The number of carbonyl (C=O) groups excluding carboxylic acids is 1. The van der Waals surface area contributed by atoms with Gasteiger partial charge < -0.3 is 5.32 Å². The Morgan fingerprint density at radius 2 is 2.00 bits per heavy atom. The molecule has 1 fully saturated rings. The Kier molecular flexibility index (Phi) is 5.83. The van der Waals surface area contributed by atoms with Crippen molar-refractivity contribution in [3.63, 3.8) is 0 Å². The molecule has 1 aliphatic heterocycles. The second kappa shape index (κ2) is 7.90. The van der Waals surface area contributed by atoms with Crippen LogP contribution in [0.15, 0.2) is 40.6 Å². The number of carbonyl (C=O) groups is 1. The van der Waals surface area contributed by atoms with E-state index < -0.39 is 10.0 Å². The molecule has 0 unspecified atom stereocenters. The van der Waals surface area contributed by atoms with Gasteiger partial charge in [0.05, 0.1) is 0 Å². The first-order valence-electron chi connectivity index (χ1n) is 8.08. The summed E-state index contributed by atoms with van der Waals surface area (Å²) in [6.45, 7) is 3.02. The van der Waals surface area contributed by atoms with E-state index in [9.17, 15) is 13.2 Å². The van der Waals surface area contributed by atoms with E-state index in [4.69, 9.17) is 0 Å². The highest BCUT2D eigenvalue weighted by Crippen LogP contribution is 2.28. The summed E-state index contributed by atoms with van der Waals surface area (Å²) in [4.78, 5) is 13.0. The largest absolute Gasteiger partial charge is 0.321 e. The van der Waals surface area contributed by atoms with Crippen LogP contribution in [-0.2, 0) is 16.4 Å². The van der Waals surface area contributed by atoms with Gasteiger partial charge >= 0.3 is 0 Å². The molecule has 2 heterocycles. The van der Waals surface area contributed by atoms with Crippen LogP contribution in [0, 0.1) is 0 Å². The fraction of sp³-hybridized carbons (Fsp3) is 0.353. The van der Waals surface area contributed by atoms with Crippen molar-refractivity contribution in [2.24, 2.45) is 0 Å². The molecular weight excluding hydrogens is 376 g/mol. The van der Waals surface area contributed by atoms with Crippen LogP contribution in [0.1, 0.15) is 22.2 Å². The number of hydrogen-bond acceptors (Lipinski definition) is 5. The minimum Gasteiger partial charge on any atom is -0.321 e. The van der Waals surface area contributed by atoms with Crippen molar-refractivity contribution in [1.29, 1.82) is 0 Å². The summed E-state index contributed by atoms with van der Waals surface area (Å²) >= 11 is 2.90. The van der Waals surface area contributed by atoms with E-state index in [1.165, 1.54) is 10.4 Å². The molecule has 1 saturated heterocycles. The molecule has 5 nitrogen and oxygen atoms in total. The number of thiophene rings is 1. The quantitative estimate of drug-likeness (QED) is 0.842. The average molecular weight is 397 g/mol. The van der Waals surface area contributed by atoms with Crippen molar-refractivity contribution in [2.75, 3.05) is 29.9 Å². The normalized spacial score (nSPS) is 15.9. The lowest BCUT2D eigenvalue weighted by molar-refractivity contribution is 0.102. The van der Waals surface area contributed by atoms with Gasteiger partial charge in [-0.3, -0.25) is 4.79 Å². The zero-order chi connectivity index (χ0) is 17.9. The van der Waals surface area contributed by atoms with Crippen LogP contribution in [-0.4, -0.2) is 43.2 Å². The highest BCUT2D eigenvalue weighted by atomic mass is 32.2. The van der Waals surface area contributed by atoms with E-state index in [0.717, 1.165) is 34.8 Å². The minimum atomic E-state index is -3.63. The summed E-state index contributed by atoms with van der Waals surface area (Å²) in [6, 6.07) is 9.11. The van der Waals surface area contributed by atoms with E-state index in [-0.39, 0.29) is 15.7 Å². The second-order valence-corrected chi connectivity index (χ2v) is 9.69. The highest BCUT2D eigenvalue weighted by molar-refractivity contribution is 7.99. The molecule has 0 aliphatic carbocycles. The molecule has 3 rings (SSSR count). The zero-order valence-electron chi connectivity index (χ0n) is 13.9. The molecule has 1 amide bonds. The molecule has 0 atom stereocenters. The molecule has 1 aliphatic rings. The lowest BCUT2D eigenvalue weighted by atomic mass is 10.1. The third-order valence-corrected chi connectivity index (χ3v) is 7.94. The van der Waals surface area contributed by atoms with Gasteiger partial charge in [0, 0.05) is 30.3 Å². The summed E-state index contributed by atoms with van der Waals surface area (Å²) in [6.07, 6.45) is 0.870. The van der Waals surface area contributed by atoms with Crippen molar-refractivity contribution in [2.45, 2.75) is 18.2 Å². The first-order valence-corrected chi connectivity index (χ1v) is 11.6. The van der Waals surface area contributed by atoms with E-state index in [1.54, 1.807) is 23.2 Å². The van der Waals surface area contributed by atoms with Crippen LogP contribution >= 0.6 is 23.1 Å². The Labute approximate surface area is 156 Å². The van der Waals surface area contributed by atoms with Crippen molar-refractivity contribution in [1.82, 2.24) is 4.31 Å². The van der Waals surface area contributed by atoms with Gasteiger partial charge in [-0.1, -0.05) is 19.1 Å². The summed E-state index contributed by atoms with van der Waals surface area (Å²) in [5.41, 5.74) is 1.79. The van der Waals surface area contributed by atoms with Crippen molar-refractivity contribution >= 4 is 44.7 Å². The summed E-state index contributed by atoms with van der Waals surface area (Å²) in [5, 5.41) is 4.47. The predicted molar refractivity (Wildman–Crippen MR) is 104 cm³/mol. The molecule has 2 aromatic rings. The number of amides is 1. The maximum absolute atomic E-state index is 12.9. The monoisotopic (exact) mass is 396 g/mol. The molecule has 134 valence electrons. The van der Waals surface area contributed by atoms with Crippen molar-refractivity contribution in [3.05, 3.63) is 46.2 Å². The molecular formula is C17H20N2O3S3. The maximum atomic E-state index is 12.9. The topological polar surface area (TPSA) is 66.5 Å². The number of hydrogen-bond donors (Lipinski definition) is 1.